The Labute approximate surface area is 272 Å². The minimum atomic E-state index is 0. The molecule has 0 aromatic rings. The number of nitrogens with zero attached hydrogens (tertiary/aromatic N) is 2. The third kappa shape index (κ3) is 30.2. The minimum Gasteiger partial charge on any atom is -1.00 e. The molecular weight excluding hydrogens is 564 g/mol. The molecule has 0 N–H and O–H groups in total. The average molecular weight is 646 g/mol. The van der Waals surface area contributed by atoms with Crippen molar-refractivity contribution >= 4 is 0 Å². The van der Waals surface area contributed by atoms with Crippen LogP contribution in [0, 0.1) is 0 Å². The van der Waals surface area contributed by atoms with Crippen LogP contribution in [0.4, 0.5) is 0 Å². The van der Waals surface area contributed by atoms with Gasteiger partial charge >= 0.3 is 0 Å². The third-order valence-corrected chi connectivity index (χ3v) is 9.89. The van der Waals surface area contributed by atoms with Crippen LogP contribution in [0.15, 0.2) is 0 Å². The number of quaternary nitrogens is 1. The van der Waals surface area contributed by atoms with Crippen LogP contribution in [0.25, 0.3) is 0 Å². The van der Waals surface area contributed by atoms with E-state index in [1.807, 2.05) is 0 Å². The highest BCUT2D eigenvalue weighted by Crippen LogP contribution is 2.16. The maximum absolute atomic E-state index is 2.61. The highest BCUT2D eigenvalue weighted by molar-refractivity contribution is 4.56. The summed E-state index contributed by atoms with van der Waals surface area (Å²) in [7, 11) is 2.36. The van der Waals surface area contributed by atoms with E-state index in [4.69, 9.17) is 0 Å². The van der Waals surface area contributed by atoms with E-state index in [0.29, 0.717) is 0 Å². The predicted molar refractivity (Wildman–Crippen MR) is 185 cm³/mol. The van der Waals surface area contributed by atoms with Gasteiger partial charge in [-0.2, -0.15) is 0 Å². The molecule has 0 spiro atoms. The van der Waals surface area contributed by atoms with Crippen LogP contribution in [0.2, 0.25) is 0 Å². The van der Waals surface area contributed by atoms with Crippen molar-refractivity contribution in [3.05, 3.63) is 0 Å². The molecular formula is C38H81BrN2. The minimum absolute atomic E-state index is 0. The van der Waals surface area contributed by atoms with Crippen LogP contribution in [-0.2, 0) is 0 Å². The molecule has 2 nitrogen and oxygen atoms in total. The standard InChI is InChI=1S/C38H81N2.BrH/c1-6-10-12-14-16-18-20-21-22-23-24-25-27-29-31-33-37-40(8-3,9-4)38-34-36-39(5)35-32-30-28-26-19-17-15-13-11-7-2;/h6-38H2,1-5H3;1H/q+1;/p-1. The number of halogens is 1. The first kappa shape index (κ1) is 43.5. The van der Waals surface area contributed by atoms with Gasteiger partial charge in [0.2, 0.25) is 0 Å². The van der Waals surface area contributed by atoms with Crippen LogP contribution in [-0.4, -0.2) is 55.7 Å². The van der Waals surface area contributed by atoms with Crippen LogP contribution in [0.3, 0.4) is 0 Å². The molecule has 0 aromatic carbocycles. The zero-order chi connectivity index (χ0) is 29.4. The molecule has 250 valence electrons. The molecule has 0 bridgehead atoms. The summed E-state index contributed by atoms with van der Waals surface area (Å²) in [5.74, 6) is 0. The number of rotatable bonds is 34. The maximum atomic E-state index is 2.61. The lowest BCUT2D eigenvalue weighted by atomic mass is 10.0. The van der Waals surface area contributed by atoms with E-state index < -0.39 is 0 Å². The molecule has 3 heteroatoms. The Morgan fingerprint density at radius 2 is 0.610 bits per heavy atom. The van der Waals surface area contributed by atoms with Crippen LogP contribution < -0.4 is 17.0 Å². The third-order valence-electron chi connectivity index (χ3n) is 9.89. The van der Waals surface area contributed by atoms with Crippen molar-refractivity contribution in [2.75, 3.05) is 46.3 Å². The quantitative estimate of drug-likeness (QED) is 0.0498. The molecule has 0 heterocycles. The van der Waals surface area contributed by atoms with Crippen molar-refractivity contribution in [3.8, 4) is 0 Å². The lowest BCUT2D eigenvalue weighted by Gasteiger charge is -2.37. The topological polar surface area (TPSA) is 3.24 Å². The summed E-state index contributed by atoms with van der Waals surface area (Å²) in [5.41, 5.74) is 0. The van der Waals surface area contributed by atoms with Gasteiger partial charge in [0, 0.05) is 13.0 Å². The molecule has 0 amide bonds. The summed E-state index contributed by atoms with van der Waals surface area (Å²) >= 11 is 0. The lowest BCUT2D eigenvalue weighted by Crippen LogP contribution is -3.00. The number of hydrogen-bond donors (Lipinski definition) is 0. The first-order chi connectivity index (χ1) is 19.6. The van der Waals surface area contributed by atoms with Gasteiger partial charge in [0.25, 0.3) is 0 Å². The fourth-order valence-corrected chi connectivity index (χ4v) is 6.62. The maximum Gasteiger partial charge on any atom is 0.0798 e. The smallest absolute Gasteiger partial charge is 0.0798 e. The Morgan fingerprint density at radius 3 is 0.951 bits per heavy atom. The van der Waals surface area contributed by atoms with Gasteiger partial charge in [0.1, 0.15) is 0 Å². The fraction of sp³-hybridized carbons (Fsp3) is 1.00. The molecule has 0 atom stereocenters. The fourth-order valence-electron chi connectivity index (χ4n) is 6.62. The predicted octanol–water partition coefficient (Wildman–Crippen LogP) is 9.35. The molecule has 0 aliphatic rings. The Hall–Kier alpha value is 0.400. The van der Waals surface area contributed by atoms with Crippen molar-refractivity contribution in [2.24, 2.45) is 0 Å². The molecule has 0 aromatic heterocycles. The molecule has 0 unspecified atom stereocenters. The van der Waals surface area contributed by atoms with Gasteiger partial charge in [-0.3, -0.25) is 0 Å². The second-order valence-corrected chi connectivity index (χ2v) is 13.6. The molecule has 0 radical (unpaired) electrons. The zero-order valence-corrected chi connectivity index (χ0v) is 31.2. The van der Waals surface area contributed by atoms with Gasteiger partial charge in [-0.05, 0) is 46.7 Å². The largest absolute Gasteiger partial charge is 1.00 e. The number of unbranched alkanes of at least 4 members (excludes halogenated alkanes) is 24. The molecule has 0 saturated heterocycles. The van der Waals surface area contributed by atoms with Gasteiger partial charge in [-0.1, -0.05) is 162 Å². The van der Waals surface area contributed by atoms with Gasteiger partial charge in [0.15, 0.2) is 0 Å². The van der Waals surface area contributed by atoms with E-state index in [1.54, 1.807) is 0 Å². The summed E-state index contributed by atoms with van der Waals surface area (Å²) in [5, 5.41) is 0. The van der Waals surface area contributed by atoms with Crippen molar-refractivity contribution in [1.29, 1.82) is 0 Å². The molecule has 0 fully saturated rings. The molecule has 0 rings (SSSR count). The Bertz CT molecular complexity index is 465. The van der Waals surface area contributed by atoms with E-state index in [2.05, 4.69) is 39.6 Å². The summed E-state index contributed by atoms with van der Waals surface area (Å²) in [6, 6.07) is 0. The van der Waals surface area contributed by atoms with Crippen molar-refractivity contribution in [1.82, 2.24) is 4.90 Å². The van der Waals surface area contributed by atoms with E-state index in [9.17, 15) is 0 Å². The van der Waals surface area contributed by atoms with Crippen LogP contribution >= 0.6 is 0 Å². The first-order valence-corrected chi connectivity index (χ1v) is 19.2. The van der Waals surface area contributed by atoms with Crippen molar-refractivity contribution < 1.29 is 21.5 Å². The lowest BCUT2D eigenvalue weighted by molar-refractivity contribution is -0.925. The second kappa shape index (κ2) is 34.9. The summed E-state index contributed by atoms with van der Waals surface area (Å²) in [4.78, 5) is 2.61. The van der Waals surface area contributed by atoms with E-state index in [0.717, 1.165) is 0 Å². The Kier molecular flexibility index (Phi) is 37.0. The van der Waals surface area contributed by atoms with Crippen molar-refractivity contribution in [3.63, 3.8) is 0 Å². The Morgan fingerprint density at radius 1 is 0.341 bits per heavy atom. The van der Waals surface area contributed by atoms with E-state index in [1.165, 1.54) is 217 Å². The molecule has 0 saturated carbocycles. The summed E-state index contributed by atoms with van der Waals surface area (Å²) in [6.45, 7) is 17.5. The molecule has 0 aliphatic carbocycles. The first-order valence-electron chi connectivity index (χ1n) is 19.2. The Balaban J connectivity index is 0. The number of hydrogen-bond acceptors (Lipinski definition) is 1. The molecule has 41 heavy (non-hydrogen) atoms. The van der Waals surface area contributed by atoms with Gasteiger partial charge in [-0.25, -0.2) is 0 Å². The van der Waals surface area contributed by atoms with Crippen LogP contribution in [0.5, 0.6) is 0 Å². The summed E-state index contributed by atoms with van der Waals surface area (Å²) in [6.07, 6.45) is 39.2. The van der Waals surface area contributed by atoms with Crippen LogP contribution in [0.1, 0.15) is 201 Å². The van der Waals surface area contributed by atoms with Gasteiger partial charge < -0.3 is 26.4 Å². The monoisotopic (exact) mass is 645 g/mol. The SMILES string of the molecule is CCCCCCCCCCCCCCCCCC[N+](CC)(CC)CCCN(C)CCCCCCCCCCCC.[Br-]. The summed E-state index contributed by atoms with van der Waals surface area (Å²) < 4.78 is 1.35. The normalized spacial score (nSPS) is 11.9. The molecule has 0 aliphatic heterocycles. The second-order valence-electron chi connectivity index (χ2n) is 13.6. The van der Waals surface area contributed by atoms with Gasteiger partial charge in [0.05, 0.1) is 26.2 Å². The van der Waals surface area contributed by atoms with E-state index >= 15 is 0 Å². The van der Waals surface area contributed by atoms with Crippen molar-refractivity contribution in [2.45, 2.75) is 201 Å². The van der Waals surface area contributed by atoms with Gasteiger partial charge in [-0.15, -0.1) is 0 Å². The zero-order valence-electron chi connectivity index (χ0n) is 29.6. The highest BCUT2D eigenvalue weighted by atomic mass is 79.9. The van der Waals surface area contributed by atoms with E-state index in [-0.39, 0.29) is 17.0 Å². The highest BCUT2D eigenvalue weighted by Gasteiger charge is 2.22. The average Bonchev–Trinajstić information content (AvgIpc) is 2.97.